The summed E-state index contributed by atoms with van der Waals surface area (Å²) in [6, 6.07) is 0.330. The van der Waals surface area contributed by atoms with Gasteiger partial charge in [-0.25, -0.2) is 9.78 Å². The topological polar surface area (TPSA) is 57.8 Å². The standard InChI is InChI=1S/C13H17N3O2S/c1-8-4-3-5-15(9(8)2)11-10(12(17)18)16-6-7-19-13(16)14-11/h6-9H,3-5H2,1-2H3,(H,17,18). The number of carboxylic acid groups (broad SMARTS) is 1. The number of carbonyl (C=O) groups is 1. The minimum absolute atomic E-state index is 0.289. The molecule has 1 N–H and O–H groups in total. The minimum Gasteiger partial charge on any atom is -0.476 e. The van der Waals surface area contributed by atoms with E-state index in [9.17, 15) is 9.90 Å². The number of carboxylic acids is 1. The molecule has 0 saturated carbocycles. The van der Waals surface area contributed by atoms with Crippen LogP contribution in [-0.4, -0.2) is 33.0 Å². The zero-order chi connectivity index (χ0) is 13.6. The summed E-state index contributed by atoms with van der Waals surface area (Å²) in [6.45, 7) is 5.26. The molecule has 2 aromatic rings. The predicted molar refractivity (Wildman–Crippen MR) is 75.2 cm³/mol. The van der Waals surface area contributed by atoms with E-state index in [0.29, 0.717) is 17.8 Å². The van der Waals surface area contributed by atoms with Crippen LogP contribution in [0, 0.1) is 5.92 Å². The maximum Gasteiger partial charge on any atom is 0.356 e. The molecule has 1 saturated heterocycles. The third kappa shape index (κ3) is 1.90. The smallest absolute Gasteiger partial charge is 0.356 e. The van der Waals surface area contributed by atoms with Crippen molar-refractivity contribution in [1.82, 2.24) is 9.38 Å². The van der Waals surface area contributed by atoms with Gasteiger partial charge in [0, 0.05) is 24.2 Å². The fraction of sp³-hybridized carbons (Fsp3) is 0.538. The highest BCUT2D eigenvalue weighted by atomic mass is 32.1. The highest BCUT2D eigenvalue weighted by Crippen LogP contribution is 2.31. The number of hydrogen-bond donors (Lipinski definition) is 1. The van der Waals surface area contributed by atoms with Gasteiger partial charge in [0.15, 0.2) is 16.5 Å². The van der Waals surface area contributed by atoms with E-state index in [-0.39, 0.29) is 5.69 Å². The number of rotatable bonds is 2. The third-order valence-corrected chi connectivity index (χ3v) is 4.85. The van der Waals surface area contributed by atoms with Crippen LogP contribution in [0.25, 0.3) is 4.96 Å². The van der Waals surface area contributed by atoms with Crippen LogP contribution in [0.3, 0.4) is 0 Å². The Kier molecular flexibility index (Phi) is 2.97. The number of aromatic carboxylic acids is 1. The van der Waals surface area contributed by atoms with Crippen molar-refractivity contribution in [3.63, 3.8) is 0 Å². The second-order valence-corrected chi connectivity index (χ2v) is 6.07. The molecule has 3 rings (SSSR count). The normalized spacial score (nSPS) is 24.0. The maximum absolute atomic E-state index is 11.5. The zero-order valence-electron chi connectivity index (χ0n) is 11.0. The molecule has 2 unspecified atom stereocenters. The molecule has 19 heavy (non-hydrogen) atoms. The Labute approximate surface area is 115 Å². The van der Waals surface area contributed by atoms with Crippen LogP contribution in [0.15, 0.2) is 11.6 Å². The van der Waals surface area contributed by atoms with Gasteiger partial charge in [-0.3, -0.25) is 4.40 Å². The number of anilines is 1. The Morgan fingerprint density at radius 3 is 3.05 bits per heavy atom. The van der Waals surface area contributed by atoms with E-state index in [1.54, 1.807) is 10.6 Å². The average Bonchev–Trinajstić information content (AvgIpc) is 2.91. The van der Waals surface area contributed by atoms with Crippen LogP contribution >= 0.6 is 11.3 Å². The average molecular weight is 279 g/mol. The number of nitrogens with zero attached hydrogens (tertiary/aromatic N) is 3. The zero-order valence-corrected chi connectivity index (χ0v) is 11.9. The minimum atomic E-state index is -0.911. The molecule has 2 aromatic heterocycles. The number of aromatic nitrogens is 2. The number of fused-ring (bicyclic) bond motifs is 1. The number of hydrogen-bond acceptors (Lipinski definition) is 4. The maximum atomic E-state index is 11.5. The molecule has 0 aromatic carbocycles. The van der Waals surface area contributed by atoms with Gasteiger partial charge in [0.25, 0.3) is 0 Å². The molecule has 3 heterocycles. The molecular formula is C13H17N3O2S. The number of thiazole rings is 1. The van der Waals surface area contributed by atoms with Crippen LogP contribution in [0.4, 0.5) is 5.82 Å². The first kappa shape index (κ1) is 12.5. The van der Waals surface area contributed by atoms with Crippen LogP contribution < -0.4 is 4.90 Å². The monoisotopic (exact) mass is 279 g/mol. The molecule has 2 atom stereocenters. The second kappa shape index (κ2) is 4.52. The van der Waals surface area contributed by atoms with Gasteiger partial charge in [0.05, 0.1) is 0 Å². The van der Waals surface area contributed by atoms with Crippen LogP contribution in [0.1, 0.15) is 37.2 Å². The predicted octanol–water partition coefficient (Wildman–Crippen LogP) is 2.72. The Morgan fingerprint density at radius 2 is 2.32 bits per heavy atom. The lowest BCUT2D eigenvalue weighted by molar-refractivity contribution is 0.0690. The quantitative estimate of drug-likeness (QED) is 0.918. The molecule has 0 radical (unpaired) electrons. The Balaban J connectivity index is 2.11. The molecule has 0 amide bonds. The summed E-state index contributed by atoms with van der Waals surface area (Å²) in [6.07, 6.45) is 4.07. The first-order valence-corrected chi connectivity index (χ1v) is 7.43. The molecule has 1 aliphatic rings. The fourth-order valence-electron chi connectivity index (χ4n) is 2.81. The molecule has 1 fully saturated rings. The van der Waals surface area contributed by atoms with Crippen molar-refractivity contribution >= 4 is 28.1 Å². The largest absolute Gasteiger partial charge is 0.476 e. The SMILES string of the molecule is CC1CCCN(c2nc3sccn3c2C(=O)O)C1C. The van der Waals surface area contributed by atoms with E-state index in [4.69, 9.17) is 0 Å². The Hall–Kier alpha value is -1.56. The van der Waals surface area contributed by atoms with Crippen LogP contribution in [-0.2, 0) is 0 Å². The van der Waals surface area contributed by atoms with Crippen molar-refractivity contribution in [2.45, 2.75) is 32.7 Å². The van der Waals surface area contributed by atoms with Crippen molar-refractivity contribution in [3.05, 3.63) is 17.3 Å². The molecule has 0 bridgehead atoms. The van der Waals surface area contributed by atoms with Crippen molar-refractivity contribution < 1.29 is 9.90 Å². The van der Waals surface area contributed by atoms with E-state index in [2.05, 4.69) is 23.7 Å². The first-order valence-electron chi connectivity index (χ1n) is 6.55. The van der Waals surface area contributed by atoms with E-state index < -0.39 is 5.97 Å². The van der Waals surface area contributed by atoms with Gasteiger partial charge in [-0.2, -0.15) is 0 Å². The van der Waals surface area contributed by atoms with Gasteiger partial charge in [-0.1, -0.05) is 6.92 Å². The summed E-state index contributed by atoms with van der Waals surface area (Å²) in [5, 5.41) is 11.3. The third-order valence-electron chi connectivity index (χ3n) is 4.09. The summed E-state index contributed by atoms with van der Waals surface area (Å²) >= 11 is 1.47. The van der Waals surface area contributed by atoms with Gasteiger partial charge in [0.1, 0.15) is 0 Å². The molecule has 0 spiro atoms. The summed E-state index contributed by atoms with van der Waals surface area (Å²) in [4.78, 5) is 19.0. The van der Waals surface area contributed by atoms with Gasteiger partial charge >= 0.3 is 5.97 Å². The molecule has 1 aliphatic heterocycles. The molecular weight excluding hydrogens is 262 g/mol. The van der Waals surface area contributed by atoms with Crippen LogP contribution in [0.2, 0.25) is 0 Å². The van der Waals surface area contributed by atoms with Gasteiger partial charge < -0.3 is 10.0 Å². The first-order chi connectivity index (χ1) is 9.09. The number of piperidine rings is 1. The molecule has 102 valence electrons. The van der Waals surface area contributed by atoms with Crippen molar-refractivity contribution in [1.29, 1.82) is 0 Å². The van der Waals surface area contributed by atoms with E-state index in [1.807, 2.05) is 5.38 Å². The summed E-state index contributed by atoms with van der Waals surface area (Å²) < 4.78 is 1.67. The van der Waals surface area contributed by atoms with Crippen LogP contribution in [0.5, 0.6) is 0 Å². The lowest BCUT2D eigenvalue weighted by Gasteiger charge is -2.38. The van der Waals surface area contributed by atoms with Crippen molar-refractivity contribution in [2.75, 3.05) is 11.4 Å². The van der Waals surface area contributed by atoms with Gasteiger partial charge in [0.2, 0.25) is 0 Å². The highest BCUT2D eigenvalue weighted by molar-refractivity contribution is 7.15. The summed E-state index contributed by atoms with van der Waals surface area (Å²) in [5.74, 6) is 0.278. The fourth-order valence-corrected chi connectivity index (χ4v) is 3.52. The number of imidazole rings is 1. The summed E-state index contributed by atoms with van der Waals surface area (Å²) in [5.41, 5.74) is 0.289. The van der Waals surface area contributed by atoms with E-state index >= 15 is 0 Å². The lowest BCUT2D eigenvalue weighted by Crippen LogP contribution is -2.43. The molecule has 5 nitrogen and oxygen atoms in total. The highest BCUT2D eigenvalue weighted by Gasteiger charge is 2.31. The van der Waals surface area contributed by atoms with Crippen molar-refractivity contribution in [3.8, 4) is 0 Å². The molecule has 0 aliphatic carbocycles. The van der Waals surface area contributed by atoms with Crippen molar-refractivity contribution in [2.24, 2.45) is 5.92 Å². The lowest BCUT2D eigenvalue weighted by atomic mass is 9.92. The van der Waals surface area contributed by atoms with Gasteiger partial charge in [-0.05, 0) is 25.7 Å². The molecule has 6 heteroatoms. The van der Waals surface area contributed by atoms with Gasteiger partial charge in [-0.15, -0.1) is 11.3 Å². The van der Waals surface area contributed by atoms with E-state index in [1.165, 1.54) is 17.8 Å². The Morgan fingerprint density at radius 1 is 1.53 bits per heavy atom. The summed E-state index contributed by atoms with van der Waals surface area (Å²) in [7, 11) is 0. The second-order valence-electron chi connectivity index (χ2n) is 5.20. The Bertz CT molecular complexity index is 618. The van der Waals surface area contributed by atoms with E-state index in [0.717, 1.165) is 17.9 Å².